The molecule has 0 radical (unpaired) electrons. The molecule has 23 heavy (non-hydrogen) atoms. The second-order valence-electron chi connectivity index (χ2n) is 5.21. The van der Waals surface area contributed by atoms with Gasteiger partial charge >= 0.3 is 0 Å². The Hall–Kier alpha value is -1.69. The van der Waals surface area contributed by atoms with Crippen LogP contribution >= 0.6 is 22.9 Å². The van der Waals surface area contributed by atoms with E-state index in [2.05, 4.69) is 11.9 Å². The highest BCUT2D eigenvalue weighted by Gasteiger charge is 2.14. The molecule has 0 saturated heterocycles. The van der Waals surface area contributed by atoms with Gasteiger partial charge in [0, 0.05) is 6.54 Å². The molecule has 2 aromatic rings. The maximum atomic E-state index is 12.8. The Morgan fingerprint density at radius 1 is 1.30 bits per heavy atom. The zero-order valence-electron chi connectivity index (χ0n) is 12.6. The Morgan fingerprint density at radius 2 is 2.04 bits per heavy atom. The topological polar surface area (TPSA) is 33.5 Å². The number of carbonyl (C=O) groups is 1. The minimum atomic E-state index is -0.281. The van der Waals surface area contributed by atoms with Crippen LogP contribution in [-0.4, -0.2) is 19.0 Å². The first kappa shape index (κ1) is 17.7. The zero-order chi connectivity index (χ0) is 16.7. The monoisotopic (exact) mass is 353 g/mol. The quantitative estimate of drug-likeness (QED) is 0.702. The van der Waals surface area contributed by atoms with Gasteiger partial charge in [-0.3, -0.25) is 4.79 Å². The minimum Gasteiger partial charge on any atom is -0.347 e. The lowest BCUT2D eigenvalue weighted by molar-refractivity contribution is -0.899. The van der Waals surface area contributed by atoms with Gasteiger partial charge in [0.2, 0.25) is 0 Å². The highest BCUT2D eigenvalue weighted by Crippen LogP contribution is 2.20. The number of hydrogen-bond donors (Lipinski definition) is 2. The second-order valence-corrected chi connectivity index (χ2v) is 7.01. The third kappa shape index (κ3) is 6.14. The molecule has 1 aromatic heterocycles. The fraction of sp³-hybridized carbons (Fsp3) is 0.235. The number of nitrogens with one attached hydrogen (secondary N) is 2. The molecule has 1 atom stereocenters. The summed E-state index contributed by atoms with van der Waals surface area (Å²) >= 11 is 7.46. The molecule has 0 saturated carbocycles. The van der Waals surface area contributed by atoms with Crippen molar-refractivity contribution in [3.8, 4) is 0 Å². The Labute approximate surface area is 144 Å². The lowest BCUT2D eigenvalue weighted by Gasteiger charge is -2.16. The number of rotatable bonds is 8. The van der Waals surface area contributed by atoms with E-state index >= 15 is 0 Å². The molecule has 3 nitrogen and oxygen atoms in total. The third-order valence-electron chi connectivity index (χ3n) is 3.30. The van der Waals surface area contributed by atoms with Gasteiger partial charge in [0.15, 0.2) is 6.54 Å². The van der Waals surface area contributed by atoms with Crippen molar-refractivity contribution in [2.45, 2.75) is 13.1 Å². The maximum Gasteiger partial charge on any atom is 0.275 e. The van der Waals surface area contributed by atoms with Crippen LogP contribution in [-0.2, 0) is 17.9 Å². The summed E-state index contributed by atoms with van der Waals surface area (Å²) in [6.07, 6.45) is 1.80. The van der Waals surface area contributed by atoms with E-state index in [0.29, 0.717) is 19.6 Å². The molecule has 1 heterocycles. The summed E-state index contributed by atoms with van der Waals surface area (Å²) in [7, 11) is 0. The predicted molar refractivity (Wildman–Crippen MR) is 92.2 cm³/mol. The van der Waals surface area contributed by atoms with Gasteiger partial charge < -0.3 is 10.2 Å². The lowest BCUT2D eigenvalue weighted by Crippen LogP contribution is -3.11. The molecule has 122 valence electrons. The molecule has 2 N–H and O–H groups in total. The number of carbonyl (C=O) groups excluding carboxylic acids is 1. The summed E-state index contributed by atoms with van der Waals surface area (Å²) in [5.74, 6) is -0.329. The molecular weight excluding hydrogens is 335 g/mol. The van der Waals surface area contributed by atoms with Gasteiger partial charge in [-0.1, -0.05) is 30.3 Å². The largest absolute Gasteiger partial charge is 0.347 e. The average Bonchev–Trinajstić information content (AvgIpc) is 2.92. The van der Waals surface area contributed by atoms with Crippen LogP contribution in [0.2, 0.25) is 4.34 Å². The van der Waals surface area contributed by atoms with Crippen molar-refractivity contribution in [1.29, 1.82) is 0 Å². The van der Waals surface area contributed by atoms with Crippen molar-refractivity contribution >= 4 is 28.8 Å². The molecule has 0 aliphatic carbocycles. The van der Waals surface area contributed by atoms with Crippen LogP contribution in [0, 0.1) is 5.82 Å². The Balaban J connectivity index is 1.84. The van der Waals surface area contributed by atoms with Crippen LogP contribution in [0.1, 0.15) is 10.4 Å². The summed E-state index contributed by atoms with van der Waals surface area (Å²) in [5.41, 5.74) is 0.870. The van der Waals surface area contributed by atoms with E-state index in [1.807, 2.05) is 12.1 Å². The molecule has 0 fully saturated rings. The molecule has 2 rings (SSSR count). The number of hydrogen-bond acceptors (Lipinski definition) is 2. The van der Waals surface area contributed by atoms with Crippen LogP contribution in [0.4, 0.5) is 4.39 Å². The molecule has 1 amide bonds. The normalized spacial score (nSPS) is 11.9. The fourth-order valence-corrected chi connectivity index (χ4v) is 3.36. The van der Waals surface area contributed by atoms with Crippen LogP contribution in [0.15, 0.2) is 49.1 Å². The SMILES string of the molecule is C=CC[NH+](CC(=O)NCc1ccc(F)cc1)Cc1ccc(Cl)s1. The predicted octanol–water partition coefficient (Wildman–Crippen LogP) is 2.43. The van der Waals surface area contributed by atoms with Gasteiger partial charge in [-0.15, -0.1) is 11.3 Å². The Kier molecular flexibility index (Phi) is 6.77. The smallest absolute Gasteiger partial charge is 0.275 e. The van der Waals surface area contributed by atoms with Crippen molar-refractivity contribution in [2.24, 2.45) is 0 Å². The Bertz CT molecular complexity index is 657. The average molecular weight is 354 g/mol. The second kappa shape index (κ2) is 8.82. The first-order chi connectivity index (χ1) is 11.1. The summed E-state index contributed by atoms with van der Waals surface area (Å²) in [4.78, 5) is 14.3. The van der Waals surface area contributed by atoms with E-state index in [0.717, 1.165) is 26.2 Å². The van der Waals surface area contributed by atoms with Gasteiger partial charge in [0.05, 0.1) is 15.8 Å². The first-order valence-corrected chi connectivity index (χ1v) is 8.46. The first-order valence-electron chi connectivity index (χ1n) is 7.26. The number of halogens is 2. The van der Waals surface area contributed by atoms with E-state index < -0.39 is 0 Å². The number of benzene rings is 1. The van der Waals surface area contributed by atoms with Crippen LogP contribution in [0.3, 0.4) is 0 Å². The molecule has 6 heteroatoms. The van der Waals surface area contributed by atoms with E-state index in [9.17, 15) is 9.18 Å². The minimum absolute atomic E-state index is 0.0474. The van der Waals surface area contributed by atoms with Crippen molar-refractivity contribution in [3.05, 3.63) is 69.6 Å². The molecule has 0 aliphatic rings. The van der Waals surface area contributed by atoms with Crippen molar-refractivity contribution in [3.63, 3.8) is 0 Å². The van der Waals surface area contributed by atoms with Gasteiger partial charge in [-0.25, -0.2) is 4.39 Å². The standard InChI is InChI=1S/C17H18ClFN2OS/c1-2-9-21(11-15-7-8-16(18)23-15)12-17(22)20-10-13-3-5-14(19)6-4-13/h2-8H,1,9-12H2,(H,20,22)/p+1. The van der Waals surface area contributed by atoms with Gasteiger partial charge in [0.1, 0.15) is 12.4 Å². The van der Waals surface area contributed by atoms with Crippen LogP contribution in [0.25, 0.3) is 0 Å². The molecule has 1 unspecified atom stereocenters. The zero-order valence-corrected chi connectivity index (χ0v) is 14.2. The van der Waals surface area contributed by atoms with E-state index in [1.165, 1.54) is 23.5 Å². The van der Waals surface area contributed by atoms with Gasteiger partial charge in [-0.2, -0.15) is 0 Å². The number of amides is 1. The van der Waals surface area contributed by atoms with E-state index in [-0.39, 0.29) is 11.7 Å². The summed E-state index contributed by atoms with van der Waals surface area (Å²) in [5, 5.41) is 2.86. The molecule has 0 aliphatic heterocycles. The van der Waals surface area contributed by atoms with Crippen molar-refractivity contribution < 1.29 is 14.1 Å². The van der Waals surface area contributed by atoms with Gasteiger partial charge in [-0.05, 0) is 35.9 Å². The van der Waals surface area contributed by atoms with Crippen LogP contribution < -0.4 is 10.2 Å². The summed E-state index contributed by atoms with van der Waals surface area (Å²) < 4.78 is 13.6. The maximum absolute atomic E-state index is 12.8. The van der Waals surface area contributed by atoms with Crippen molar-refractivity contribution in [2.75, 3.05) is 13.1 Å². The van der Waals surface area contributed by atoms with Gasteiger partial charge in [0.25, 0.3) is 5.91 Å². The Morgan fingerprint density at radius 3 is 2.65 bits per heavy atom. The molecular formula is C17H19ClFN2OS+. The lowest BCUT2D eigenvalue weighted by atomic mass is 10.2. The summed E-state index contributed by atoms with van der Waals surface area (Å²) in [6, 6.07) is 9.94. The molecule has 1 aromatic carbocycles. The van der Waals surface area contributed by atoms with E-state index in [1.54, 1.807) is 18.2 Å². The molecule has 0 spiro atoms. The summed E-state index contributed by atoms with van der Waals surface area (Å²) in [6.45, 7) is 5.91. The molecule has 0 bridgehead atoms. The fourth-order valence-electron chi connectivity index (χ4n) is 2.20. The van der Waals surface area contributed by atoms with E-state index in [4.69, 9.17) is 11.6 Å². The number of thiophene rings is 1. The van der Waals surface area contributed by atoms with Crippen LogP contribution in [0.5, 0.6) is 0 Å². The highest BCUT2D eigenvalue weighted by molar-refractivity contribution is 7.16. The third-order valence-corrected chi connectivity index (χ3v) is 4.53. The number of quaternary nitrogens is 1. The highest BCUT2D eigenvalue weighted by atomic mass is 35.5. The van der Waals surface area contributed by atoms with Crippen molar-refractivity contribution in [1.82, 2.24) is 5.32 Å².